The van der Waals surface area contributed by atoms with Crippen LogP contribution in [0, 0.1) is 5.92 Å². The van der Waals surface area contributed by atoms with E-state index in [1.807, 2.05) is 12.1 Å². The van der Waals surface area contributed by atoms with Gasteiger partial charge in [0.2, 0.25) is 5.91 Å². The Hall–Kier alpha value is -3.09. The number of carbonyl (C=O) groups excluding carboxylic acids is 2. The second-order valence-corrected chi connectivity index (χ2v) is 7.12. The number of rotatable bonds is 6. The van der Waals surface area contributed by atoms with Crippen LogP contribution in [0.2, 0.25) is 0 Å². The normalized spacial score (nSPS) is 17.8. The summed E-state index contributed by atoms with van der Waals surface area (Å²) in [6.45, 7) is 2.18. The fourth-order valence-corrected chi connectivity index (χ4v) is 3.38. The van der Waals surface area contributed by atoms with Crippen molar-refractivity contribution < 1.29 is 23.9 Å². The van der Waals surface area contributed by atoms with Crippen LogP contribution in [0.3, 0.4) is 0 Å². The molecule has 1 aromatic heterocycles. The van der Waals surface area contributed by atoms with Gasteiger partial charge in [0.05, 0.1) is 12.2 Å². The van der Waals surface area contributed by atoms with Gasteiger partial charge in [0, 0.05) is 12.2 Å². The number of nitrogens with zero attached hydrogens (tertiary/aromatic N) is 1. The molecule has 7 nitrogen and oxygen atoms in total. The summed E-state index contributed by atoms with van der Waals surface area (Å²) in [6.07, 6.45) is 4.21. The lowest BCUT2D eigenvalue weighted by molar-refractivity contribution is -0.141. The molecule has 0 spiro atoms. The summed E-state index contributed by atoms with van der Waals surface area (Å²) in [6, 6.07) is 9.83. The average molecular weight is 384 g/mol. The Morgan fingerprint density at radius 2 is 1.96 bits per heavy atom. The molecule has 28 heavy (non-hydrogen) atoms. The third-order valence-electron chi connectivity index (χ3n) is 4.98. The fourth-order valence-electron chi connectivity index (χ4n) is 3.38. The van der Waals surface area contributed by atoms with Crippen LogP contribution in [-0.2, 0) is 16.0 Å². The SMILES string of the molecule is CC(Cc1ccc(NC(=O)C2CCCCN2C(=O)c2ccco2)cc1)C(=O)O. The molecule has 2 unspecified atom stereocenters. The second kappa shape index (κ2) is 8.73. The van der Waals surface area contributed by atoms with Crippen molar-refractivity contribution in [3.8, 4) is 0 Å². The number of carboxylic acid groups (broad SMARTS) is 1. The van der Waals surface area contributed by atoms with E-state index in [2.05, 4.69) is 5.32 Å². The van der Waals surface area contributed by atoms with Crippen molar-refractivity contribution in [3.63, 3.8) is 0 Å². The van der Waals surface area contributed by atoms with Crippen LogP contribution in [0.15, 0.2) is 47.1 Å². The average Bonchev–Trinajstić information content (AvgIpc) is 3.23. The van der Waals surface area contributed by atoms with Crippen LogP contribution in [0.5, 0.6) is 0 Å². The Labute approximate surface area is 163 Å². The van der Waals surface area contributed by atoms with E-state index in [0.717, 1.165) is 18.4 Å². The van der Waals surface area contributed by atoms with Crippen LogP contribution in [0.25, 0.3) is 0 Å². The molecule has 3 rings (SSSR count). The zero-order valence-corrected chi connectivity index (χ0v) is 15.8. The number of furan rings is 1. The van der Waals surface area contributed by atoms with E-state index in [-0.39, 0.29) is 17.6 Å². The zero-order chi connectivity index (χ0) is 20.1. The summed E-state index contributed by atoms with van der Waals surface area (Å²) >= 11 is 0. The molecule has 1 aliphatic heterocycles. The molecule has 2 N–H and O–H groups in total. The number of nitrogens with one attached hydrogen (secondary N) is 1. The molecule has 2 amide bonds. The summed E-state index contributed by atoms with van der Waals surface area (Å²) in [4.78, 5) is 38.0. The predicted molar refractivity (Wildman–Crippen MR) is 103 cm³/mol. The molecule has 2 atom stereocenters. The minimum absolute atomic E-state index is 0.230. The number of piperidine rings is 1. The minimum atomic E-state index is -0.837. The van der Waals surface area contributed by atoms with Crippen molar-refractivity contribution in [3.05, 3.63) is 54.0 Å². The Bertz CT molecular complexity index is 829. The van der Waals surface area contributed by atoms with E-state index in [1.54, 1.807) is 36.1 Å². The van der Waals surface area contributed by atoms with E-state index in [4.69, 9.17) is 9.52 Å². The second-order valence-electron chi connectivity index (χ2n) is 7.12. The summed E-state index contributed by atoms with van der Waals surface area (Å²) in [5.74, 6) is -1.58. The fraction of sp³-hybridized carbons (Fsp3) is 0.381. The van der Waals surface area contributed by atoms with Crippen molar-refractivity contribution in [2.75, 3.05) is 11.9 Å². The van der Waals surface area contributed by atoms with Crippen LogP contribution in [0.1, 0.15) is 42.3 Å². The van der Waals surface area contributed by atoms with E-state index in [9.17, 15) is 14.4 Å². The number of hydrogen-bond acceptors (Lipinski definition) is 4. The van der Waals surface area contributed by atoms with Crippen molar-refractivity contribution in [2.45, 2.75) is 38.6 Å². The number of carboxylic acids is 1. The molecule has 7 heteroatoms. The summed E-state index contributed by atoms with van der Waals surface area (Å²) in [7, 11) is 0. The van der Waals surface area contributed by atoms with Crippen molar-refractivity contribution >= 4 is 23.5 Å². The molecule has 148 valence electrons. The third kappa shape index (κ3) is 4.60. The van der Waals surface area contributed by atoms with E-state index >= 15 is 0 Å². The van der Waals surface area contributed by atoms with Gasteiger partial charge in [-0.05, 0) is 55.5 Å². The van der Waals surface area contributed by atoms with Crippen molar-refractivity contribution in [1.82, 2.24) is 4.90 Å². The molecule has 0 bridgehead atoms. The van der Waals surface area contributed by atoms with E-state index < -0.39 is 17.9 Å². The lowest BCUT2D eigenvalue weighted by atomic mass is 10.00. The van der Waals surface area contributed by atoms with Crippen LogP contribution < -0.4 is 5.32 Å². The van der Waals surface area contributed by atoms with Gasteiger partial charge in [-0.3, -0.25) is 14.4 Å². The minimum Gasteiger partial charge on any atom is -0.481 e. The highest BCUT2D eigenvalue weighted by Crippen LogP contribution is 2.22. The molecular formula is C21H24N2O5. The van der Waals surface area contributed by atoms with Gasteiger partial charge in [0.25, 0.3) is 5.91 Å². The number of aliphatic carboxylic acids is 1. The molecule has 1 saturated heterocycles. The van der Waals surface area contributed by atoms with Gasteiger partial charge in [0.1, 0.15) is 6.04 Å². The molecule has 1 aliphatic rings. The molecule has 0 radical (unpaired) electrons. The van der Waals surface area contributed by atoms with E-state index in [0.29, 0.717) is 25.1 Å². The smallest absolute Gasteiger partial charge is 0.306 e. The topological polar surface area (TPSA) is 99.9 Å². The first-order chi connectivity index (χ1) is 13.5. The molecule has 1 aromatic carbocycles. The molecule has 0 aliphatic carbocycles. The number of carbonyl (C=O) groups is 3. The molecule has 1 fully saturated rings. The van der Waals surface area contributed by atoms with E-state index in [1.165, 1.54) is 6.26 Å². The standard InChI is InChI=1S/C21H24N2O5/c1-14(21(26)27)13-15-7-9-16(10-8-15)22-19(24)17-5-2-3-11-23(17)20(25)18-6-4-12-28-18/h4,6-10,12,14,17H,2-3,5,11,13H2,1H3,(H,22,24)(H,26,27). The maximum Gasteiger partial charge on any atom is 0.306 e. The van der Waals surface area contributed by atoms with Crippen LogP contribution in [-0.4, -0.2) is 40.4 Å². The van der Waals surface area contributed by atoms with Crippen LogP contribution in [0.4, 0.5) is 5.69 Å². The van der Waals surface area contributed by atoms with Crippen molar-refractivity contribution in [2.24, 2.45) is 5.92 Å². The molecular weight excluding hydrogens is 360 g/mol. The largest absolute Gasteiger partial charge is 0.481 e. The Morgan fingerprint density at radius 1 is 1.21 bits per heavy atom. The predicted octanol–water partition coefficient (Wildman–Crippen LogP) is 3.18. The van der Waals surface area contributed by atoms with Gasteiger partial charge in [0.15, 0.2) is 5.76 Å². The lowest BCUT2D eigenvalue weighted by Gasteiger charge is -2.34. The number of likely N-dealkylation sites (tertiary alicyclic amines) is 1. The van der Waals surface area contributed by atoms with Gasteiger partial charge >= 0.3 is 5.97 Å². The summed E-state index contributed by atoms with van der Waals surface area (Å²) in [5.41, 5.74) is 1.51. The van der Waals surface area contributed by atoms with Crippen LogP contribution >= 0.6 is 0 Å². The molecule has 2 heterocycles. The lowest BCUT2D eigenvalue weighted by Crippen LogP contribution is -2.49. The number of hydrogen-bond donors (Lipinski definition) is 2. The maximum atomic E-state index is 12.8. The van der Waals surface area contributed by atoms with Gasteiger partial charge in [-0.25, -0.2) is 0 Å². The van der Waals surface area contributed by atoms with Gasteiger partial charge < -0.3 is 19.7 Å². The van der Waals surface area contributed by atoms with Gasteiger partial charge in [-0.15, -0.1) is 0 Å². The maximum absolute atomic E-state index is 12.8. The van der Waals surface area contributed by atoms with Gasteiger partial charge in [-0.1, -0.05) is 19.1 Å². The highest BCUT2D eigenvalue weighted by molar-refractivity contribution is 6.00. The monoisotopic (exact) mass is 384 g/mol. The summed E-state index contributed by atoms with van der Waals surface area (Å²) in [5, 5.41) is 11.9. The van der Waals surface area contributed by atoms with Crippen molar-refractivity contribution in [1.29, 1.82) is 0 Å². The first kappa shape index (κ1) is 19.7. The first-order valence-electron chi connectivity index (χ1n) is 9.43. The highest BCUT2D eigenvalue weighted by atomic mass is 16.4. The Balaban J connectivity index is 1.65. The molecule has 0 saturated carbocycles. The number of anilines is 1. The number of benzene rings is 1. The quantitative estimate of drug-likeness (QED) is 0.797. The first-order valence-corrected chi connectivity index (χ1v) is 9.43. The van der Waals surface area contributed by atoms with Gasteiger partial charge in [-0.2, -0.15) is 0 Å². The third-order valence-corrected chi connectivity index (χ3v) is 4.98. The summed E-state index contributed by atoms with van der Waals surface area (Å²) < 4.78 is 5.19. The zero-order valence-electron chi connectivity index (χ0n) is 15.8. The molecule has 2 aromatic rings. The highest BCUT2D eigenvalue weighted by Gasteiger charge is 2.33. The Morgan fingerprint density at radius 3 is 2.61 bits per heavy atom. The number of amides is 2. The Kier molecular flexibility index (Phi) is 6.13.